The average Bonchev–Trinajstić information content (AvgIpc) is 1.94. The highest BCUT2D eigenvalue weighted by molar-refractivity contribution is 4.73. The van der Waals surface area contributed by atoms with Crippen molar-refractivity contribution in [1.82, 2.24) is 0 Å². The van der Waals surface area contributed by atoms with Crippen LogP contribution in [0, 0.1) is 5.92 Å². The number of hydrogen-bond acceptors (Lipinski definition) is 1. The van der Waals surface area contributed by atoms with Crippen LogP contribution < -0.4 is 0 Å². The third kappa shape index (κ3) is 1.98. The summed E-state index contributed by atoms with van der Waals surface area (Å²) < 4.78 is 0. The highest BCUT2D eigenvalue weighted by atomic mass is 16.3. The Morgan fingerprint density at radius 1 is 1.30 bits per heavy atom. The van der Waals surface area contributed by atoms with Gasteiger partial charge in [-0.1, -0.05) is 26.2 Å². The molecule has 0 amide bonds. The molecule has 0 bridgehead atoms. The lowest BCUT2D eigenvalue weighted by Gasteiger charge is -2.26. The molecule has 1 aliphatic rings. The van der Waals surface area contributed by atoms with Gasteiger partial charge in [0.2, 0.25) is 0 Å². The lowest BCUT2D eigenvalue weighted by Crippen LogP contribution is -2.23. The van der Waals surface area contributed by atoms with Crippen molar-refractivity contribution >= 4 is 0 Å². The summed E-state index contributed by atoms with van der Waals surface area (Å²) in [4.78, 5) is 0. The first-order valence-corrected chi connectivity index (χ1v) is 4.52. The molecule has 1 saturated carbocycles. The van der Waals surface area contributed by atoms with Crippen molar-refractivity contribution in [1.29, 1.82) is 0 Å². The summed E-state index contributed by atoms with van der Waals surface area (Å²) in [6, 6.07) is 0. The zero-order chi connectivity index (χ0) is 7.40. The molecule has 0 aromatic carbocycles. The Kier molecular flexibility index (Phi) is 3.20. The average molecular weight is 142 g/mol. The summed E-state index contributed by atoms with van der Waals surface area (Å²) in [6.07, 6.45) is 7.35. The molecule has 1 aliphatic carbocycles. The Morgan fingerprint density at radius 3 is 2.60 bits per heavy atom. The van der Waals surface area contributed by atoms with Crippen LogP contribution in [0.1, 0.15) is 45.4 Å². The molecule has 0 saturated heterocycles. The first-order chi connectivity index (χ1) is 4.84. The molecule has 1 N–H and O–H groups in total. The van der Waals surface area contributed by atoms with E-state index in [1.54, 1.807) is 0 Å². The molecular weight excluding hydrogens is 124 g/mol. The van der Waals surface area contributed by atoms with Crippen LogP contribution in [0.25, 0.3) is 0 Å². The number of hydrogen-bond donors (Lipinski definition) is 1. The van der Waals surface area contributed by atoms with Crippen molar-refractivity contribution < 1.29 is 5.11 Å². The second-order valence-corrected chi connectivity index (χ2v) is 3.40. The molecule has 1 nitrogen and oxygen atoms in total. The molecule has 1 rings (SSSR count). The van der Waals surface area contributed by atoms with E-state index in [1.807, 2.05) is 0 Å². The van der Waals surface area contributed by atoms with E-state index in [9.17, 15) is 5.11 Å². The second kappa shape index (κ2) is 3.97. The lowest BCUT2D eigenvalue weighted by molar-refractivity contribution is 0.0650. The van der Waals surface area contributed by atoms with Crippen LogP contribution in [0.4, 0.5) is 0 Å². The molecule has 1 heteroatoms. The minimum atomic E-state index is 0.0219. The van der Waals surface area contributed by atoms with E-state index >= 15 is 0 Å². The maximum atomic E-state index is 9.50. The van der Waals surface area contributed by atoms with Gasteiger partial charge in [-0.15, -0.1) is 0 Å². The van der Waals surface area contributed by atoms with E-state index in [0.717, 1.165) is 6.42 Å². The summed E-state index contributed by atoms with van der Waals surface area (Å²) in [6.45, 7) is 2.20. The molecular formula is C9H18O. The molecule has 2 atom stereocenters. The summed E-state index contributed by atoms with van der Waals surface area (Å²) in [5.74, 6) is 0.624. The fourth-order valence-electron chi connectivity index (χ4n) is 1.90. The van der Waals surface area contributed by atoms with E-state index in [2.05, 4.69) is 6.92 Å². The third-order valence-corrected chi connectivity index (χ3v) is 2.53. The molecule has 0 radical (unpaired) electrons. The fourth-order valence-corrected chi connectivity index (χ4v) is 1.90. The predicted octanol–water partition coefficient (Wildman–Crippen LogP) is 2.34. The molecule has 1 fully saturated rings. The Balaban J connectivity index is 2.25. The van der Waals surface area contributed by atoms with Crippen molar-refractivity contribution in [2.75, 3.05) is 0 Å². The fraction of sp³-hybridized carbons (Fsp3) is 1.00. The van der Waals surface area contributed by atoms with Crippen LogP contribution in [0.3, 0.4) is 0 Å². The van der Waals surface area contributed by atoms with Gasteiger partial charge >= 0.3 is 0 Å². The van der Waals surface area contributed by atoms with Crippen molar-refractivity contribution in [2.24, 2.45) is 5.92 Å². The highest BCUT2D eigenvalue weighted by Crippen LogP contribution is 2.27. The first-order valence-electron chi connectivity index (χ1n) is 4.52. The zero-order valence-corrected chi connectivity index (χ0v) is 6.84. The van der Waals surface area contributed by atoms with E-state index in [4.69, 9.17) is 0 Å². The third-order valence-electron chi connectivity index (χ3n) is 2.53. The van der Waals surface area contributed by atoms with Crippen molar-refractivity contribution in [3.63, 3.8) is 0 Å². The molecule has 60 valence electrons. The van der Waals surface area contributed by atoms with Crippen LogP contribution in [-0.2, 0) is 0 Å². The predicted molar refractivity (Wildman–Crippen MR) is 42.9 cm³/mol. The van der Waals surface area contributed by atoms with Gasteiger partial charge in [0.15, 0.2) is 0 Å². The number of aliphatic hydroxyl groups excluding tert-OH is 1. The largest absolute Gasteiger partial charge is 0.393 e. The van der Waals surface area contributed by atoms with Gasteiger partial charge in [-0.05, 0) is 25.2 Å². The highest BCUT2D eigenvalue weighted by Gasteiger charge is 2.21. The SMILES string of the molecule is CCC[C@H]1CCCCC1O. The van der Waals surface area contributed by atoms with Gasteiger partial charge in [0.05, 0.1) is 6.10 Å². The maximum absolute atomic E-state index is 9.50. The van der Waals surface area contributed by atoms with Gasteiger partial charge in [0.25, 0.3) is 0 Å². The van der Waals surface area contributed by atoms with Gasteiger partial charge in [-0.2, -0.15) is 0 Å². The van der Waals surface area contributed by atoms with Crippen molar-refractivity contribution in [3.8, 4) is 0 Å². The lowest BCUT2D eigenvalue weighted by atomic mass is 9.84. The Bertz CT molecular complexity index is 88.7. The summed E-state index contributed by atoms with van der Waals surface area (Å²) in [5, 5.41) is 9.50. The standard InChI is InChI=1S/C9H18O/c1-2-5-8-6-3-4-7-9(8)10/h8-10H,2-7H2,1H3/t8-,9?/m0/s1. The van der Waals surface area contributed by atoms with Crippen LogP contribution >= 0.6 is 0 Å². The molecule has 0 aliphatic heterocycles. The van der Waals surface area contributed by atoms with Crippen LogP contribution in [0.5, 0.6) is 0 Å². The van der Waals surface area contributed by atoms with Gasteiger partial charge in [-0.25, -0.2) is 0 Å². The van der Waals surface area contributed by atoms with Crippen LogP contribution in [0.15, 0.2) is 0 Å². The van der Waals surface area contributed by atoms with Gasteiger partial charge < -0.3 is 5.11 Å². The van der Waals surface area contributed by atoms with Gasteiger partial charge in [-0.3, -0.25) is 0 Å². The van der Waals surface area contributed by atoms with E-state index in [-0.39, 0.29) is 6.10 Å². The smallest absolute Gasteiger partial charge is 0.0568 e. The summed E-state index contributed by atoms with van der Waals surface area (Å²) >= 11 is 0. The maximum Gasteiger partial charge on any atom is 0.0568 e. The molecule has 0 aromatic heterocycles. The Hall–Kier alpha value is -0.0400. The first kappa shape index (κ1) is 8.06. The molecule has 0 aromatic rings. The topological polar surface area (TPSA) is 20.2 Å². The minimum absolute atomic E-state index is 0.0219. The van der Waals surface area contributed by atoms with Crippen LogP contribution in [-0.4, -0.2) is 11.2 Å². The van der Waals surface area contributed by atoms with E-state index in [0.29, 0.717) is 5.92 Å². The van der Waals surface area contributed by atoms with E-state index < -0.39 is 0 Å². The second-order valence-electron chi connectivity index (χ2n) is 3.40. The monoisotopic (exact) mass is 142 g/mol. The number of rotatable bonds is 2. The normalized spacial score (nSPS) is 34.2. The molecule has 0 heterocycles. The quantitative estimate of drug-likeness (QED) is 0.627. The summed E-state index contributed by atoms with van der Waals surface area (Å²) in [7, 11) is 0. The minimum Gasteiger partial charge on any atom is -0.393 e. The van der Waals surface area contributed by atoms with Gasteiger partial charge in [0, 0.05) is 0 Å². The van der Waals surface area contributed by atoms with Crippen molar-refractivity contribution in [2.45, 2.75) is 51.6 Å². The zero-order valence-electron chi connectivity index (χ0n) is 6.84. The van der Waals surface area contributed by atoms with E-state index in [1.165, 1.54) is 32.1 Å². The molecule has 0 spiro atoms. The Labute approximate surface area is 63.4 Å². The van der Waals surface area contributed by atoms with Crippen LogP contribution in [0.2, 0.25) is 0 Å². The number of aliphatic hydroxyl groups is 1. The summed E-state index contributed by atoms with van der Waals surface area (Å²) in [5.41, 5.74) is 0. The van der Waals surface area contributed by atoms with Crippen molar-refractivity contribution in [3.05, 3.63) is 0 Å². The molecule has 1 unspecified atom stereocenters. The Morgan fingerprint density at radius 2 is 2.00 bits per heavy atom. The molecule has 10 heavy (non-hydrogen) atoms. The van der Waals surface area contributed by atoms with Gasteiger partial charge in [0.1, 0.15) is 0 Å².